The average Bonchev–Trinajstić information content (AvgIpc) is 2.91. The molecule has 20 heavy (non-hydrogen) atoms. The van der Waals surface area contributed by atoms with Gasteiger partial charge in [0.25, 0.3) is 0 Å². The van der Waals surface area contributed by atoms with Crippen LogP contribution in [0.2, 0.25) is 5.02 Å². The van der Waals surface area contributed by atoms with Gasteiger partial charge in [-0.05, 0) is 37.0 Å². The van der Waals surface area contributed by atoms with Gasteiger partial charge in [0.1, 0.15) is 0 Å². The Hall–Kier alpha value is -1.13. The molecule has 108 valence electrons. The van der Waals surface area contributed by atoms with Gasteiger partial charge in [0.05, 0.1) is 10.4 Å². The number of carbonyl (C=O) groups is 1. The van der Waals surface area contributed by atoms with Crippen LogP contribution < -0.4 is 11.1 Å². The molecule has 1 aliphatic rings. The Kier molecular flexibility index (Phi) is 5.00. The smallest absolute Gasteiger partial charge is 0.233 e. The van der Waals surface area contributed by atoms with Crippen LogP contribution in [0, 0.1) is 5.41 Å². The molecule has 0 saturated heterocycles. The first kappa shape index (κ1) is 15.3. The number of hydrogen-bond donors (Lipinski definition) is 2. The predicted octanol–water partition coefficient (Wildman–Crippen LogP) is 2.85. The van der Waals surface area contributed by atoms with E-state index in [9.17, 15) is 4.79 Å². The van der Waals surface area contributed by atoms with Crippen LogP contribution in [0.4, 0.5) is 0 Å². The number of nitrogens with two attached hydrogens (primary N) is 1. The maximum atomic E-state index is 12.4. The number of nitrogens with one attached hydrogen (secondary N) is 1. The average molecular weight is 311 g/mol. The lowest BCUT2D eigenvalue weighted by Crippen LogP contribution is -2.47. The summed E-state index contributed by atoms with van der Waals surface area (Å²) in [5.74, 6) is -0.0172. The Labute approximate surface area is 129 Å². The quantitative estimate of drug-likeness (QED) is 0.822. The first-order valence-electron chi connectivity index (χ1n) is 6.87. The fourth-order valence-electron chi connectivity index (χ4n) is 2.70. The maximum Gasteiger partial charge on any atom is 0.233 e. The summed E-state index contributed by atoms with van der Waals surface area (Å²) in [5, 5.41) is 3.69. The van der Waals surface area contributed by atoms with Gasteiger partial charge in [-0.2, -0.15) is 0 Å². The first-order chi connectivity index (χ1) is 9.54. The molecule has 0 heterocycles. The van der Waals surface area contributed by atoms with Crippen LogP contribution in [-0.2, 0) is 11.2 Å². The Morgan fingerprint density at radius 1 is 1.30 bits per heavy atom. The molecule has 0 spiro atoms. The first-order valence-corrected chi connectivity index (χ1v) is 7.66. The van der Waals surface area contributed by atoms with Gasteiger partial charge in [0.15, 0.2) is 0 Å². The van der Waals surface area contributed by atoms with E-state index in [-0.39, 0.29) is 5.91 Å². The van der Waals surface area contributed by atoms with E-state index in [2.05, 4.69) is 5.32 Å². The van der Waals surface area contributed by atoms with Gasteiger partial charge in [0.2, 0.25) is 5.91 Å². The van der Waals surface area contributed by atoms with E-state index < -0.39 is 5.41 Å². The Bertz CT molecular complexity index is 495. The van der Waals surface area contributed by atoms with Crippen LogP contribution in [0.1, 0.15) is 31.2 Å². The zero-order chi connectivity index (χ0) is 14.6. The monoisotopic (exact) mass is 310 g/mol. The van der Waals surface area contributed by atoms with Crippen molar-refractivity contribution in [3.8, 4) is 0 Å². The largest absolute Gasteiger partial charge is 0.392 e. The predicted molar refractivity (Wildman–Crippen MR) is 85.9 cm³/mol. The molecule has 1 aromatic carbocycles. The van der Waals surface area contributed by atoms with Crippen LogP contribution in [0.25, 0.3) is 0 Å². The summed E-state index contributed by atoms with van der Waals surface area (Å²) in [6.07, 6.45) is 4.35. The van der Waals surface area contributed by atoms with Crippen molar-refractivity contribution in [1.82, 2.24) is 5.32 Å². The van der Waals surface area contributed by atoms with Crippen molar-refractivity contribution < 1.29 is 4.79 Å². The van der Waals surface area contributed by atoms with E-state index in [0.29, 0.717) is 11.5 Å². The standard InChI is InChI=1S/C15H19ClN2OS/c16-12-5-3-11(4-6-12)7-10-18-14(19)15(13(17)20)8-1-2-9-15/h3-6H,1-2,7-10H2,(H2,17,20)(H,18,19). The summed E-state index contributed by atoms with van der Waals surface area (Å²) in [5.41, 5.74) is 6.32. The van der Waals surface area contributed by atoms with Crippen LogP contribution in [-0.4, -0.2) is 17.4 Å². The number of thiocarbonyl (C=S) groups is 1. The molecule has 3 nitrogen and oxygen atoms in total. The Balaban J connectivity index is 1.88. The van der Waals surface area contributed by atoms with Crippen LogP contribution >= 0.6 is 23.8 Å². The van der Waals surface area contributed by atoms with Gasteiger partial charge < -0.3 is 11.1 Å². The highest BCUT2D eigenvalue weighted by Crippen LogP contribution is 2.38. The lowest BCUT2D eigenvalue weighted by Gasteiger charge is -2.26. The minimum Gasteiger partial charge on any atom is -0.392 e. The minimum absolute atomic E-state index is 0.0172. The molecule has 1 fully saturated rings. The molecule has 2 rings (SSSR count). The van der Waals surface area contributed by atoms with Crippen molar-refractivity contribution in [1.29, 1.82) is 0 Å². The minimum atomic E-state index is -0.616. The van der Waals surface area contributed by atoms with Crippen LogP contribution in [0.3, 0.4) is 0 Å². The third kappa shape index (κ3) is 3.30. The SMILES string of the molecule is NC(=S)C1(C(=O)NCCc2ccc(Cl)cc2)CCCC1. The zero-order valence-electron chi connectivity index (χ0n) is 11.3. The molecule has 3 N–H and O–H groups in total. The van der Waals surface area contributed by atoms with Gasteiger partial charge >= 0.3 is 0 Å². The Morgan fingerprint density at radius 2 is 1.90 bits per heavy atom. The number of rotatable bonds is 5. The fourth-order valence-corrected chi connectivity index (χ4v) is 3.13. The van der Waals surface area contributed by atoms with Crippen molar-refractivity contribution in [2.24, 2.45) is 11.1 Å². The second-order valence-electron chi connectivity index (χ2n) is 5.29. The molecule has 1 aliphatic carbocycles. The lowest BCUT2D eigenvalue weighted by molar-refractivity contribution is -0.127. The fraction of sp³-hybridized carbons (Fsp3) is 0.467. The maximum absolute atomic E-state index is 12.4. The number of halogens is 1. The van der Waals surface area contributed by atoms with Crippen molar-refractivity contribution >= 4 is 34.7 Å². The number of carbonyl (C=O) groups excluding carboxylic acids is 1. The zero-order valence-corrected chi connectivity index (χ0v) is 12.9. The van der Waals surface area contributed by atoms with Gasteiger partial charge in [-0.1, -0.05) is 48.8 Å². The third-order valence-corrected chi connectivity index (χ3v) is 4.62. The Morgan fingerprint density at radius 3 is 2.45 bits per heavy atom. The molecule has 1 aromatic rings. The second-order valence-corrected chi connectivity index (χ2v) is 6.16. The number of amides is 1. The lowest BCUT2D eigenvalue weighted by atomic mass is 9.85. The van der Waals surface area contributed by atoms with E-state index in [1.165, 1.54) is 0 Å². The highest BCUT2D eigenvalue weighted by Gasteiger charge is 2.43. The molecule has 0 atom stereocenters. The van der Waals surface area contributed by atoms with E-state index in [0.717, 1.165) is 42.7 Å². The van der Waals surface area contributed by atoms with Gasteiger partial charge in [0, 0.05) is 11.6 Å². The number of benzene rings is 1. The second kappa shape index (κ2) is 6.55. The summed E-state index contributed by atoms with van der Waals surface area (Å²) in [7, 11) is 0. The normalized spacial score (nSPS) is 16.9. The van der Waals surface area contributed by atoms with Crippen LogP contribution in [0.5, 0.6) is 0 Å². The van der Waals surface area contributed by atoms with E-state index in [4.69, 9.17) is 29.6 Å². The molecule has 0 bridgehead atoms. The summed E-state index contributed by atoms with van der Waals surface area (Å²) in [6, 6.07) is 7.64. The van der Waals surface area contributed by atoms with Crippen LogP contribution in [0.15, 0.2) is 24.3 Å². The molecular weight excluding hydrogens is 292 g/mol. The summed E-state index contributed by atoms with van der Waals surface area (Å²) < 4.78 is 0. The van der Waals surface area contributed by atoms with E-state index in [1.54, 1.807) is 0 Å². The van der Waals surface area contributed by atoms with E-state index >= 15 is 0 Å². The molecule has 0 aromatic heterocycles. The molecule has 1 saturated carbocycles. The highest BCUT2D eigenvalue weighted by molar-refractivity contribution is 7.80. The number of hydrogen-bond acceptors (Lipinski definition) is 2. The van der Waals surface area contributed by atoms with Gasteiger partial charge in [-0.3, -0.25) is 4.79 Å². The molecule has 0 unspecified atom stereocenters. The molecule has 0 radical (unpaired) electrons. The molecule has 1 amide bonds. The van der Waals surface area contributed by atoms with Crippen molar-refractivity contribution in [2.75, 3.05) is 6.54 Å². The molecular formula is C15H19ClN2OS. The van der Waals surface area contributed by atoms with Gasteiger partial charge in [-0.25, -0.2) is 0 Å². The van der Waals surface area contributed by atoms with Crippen molar-refractivity contribution in [3.63, 3.8) is 0 Å². The topological polar surface area (TPSA) is 55.1 Å². The van der Waals surface area contributed by atoms with Gasteiger partial charge in [-0.15, -0.1) is 0 Å². The van der Waals surface area contributed by atoms with Crippen molar-refractivity contribution in [3.05, 3.63) is 34.9 Å². The summed E-state index contributed by atoms with van der Waals surface area (Å²) in [4.78, 5) is 12.7. The van der Waals surface area contributed by atoms with Crippen molar-refractivity contribution in [2.45, 2.75) is 32.1 Å². The van der Waals surface area contributed by atoms with E-state index in [1.807, 2.05) is 24.3 Å². The third-order valence-electron chi connectivity index (χ3n) is 3.98. The molecule has 0 aliphatic heterocycles. The molecule has 5 heteroatoms. The highest BCUT2D eigenvalue weighted by atomic mass is 35.5. The summed E-state index contributed by atoms with van der Waals surface area (Å²) >= 11 is 10.9. The summed E-state index contributed by atoms with van der Waals surface area (Å²) in [6.45, 7) is 0.588.